The molecule has 0 saturated carbocycles. The number of ether oxygens (including phenoxy) is 2. The number of unbranched alkanes of at least 4 members (excludes halogenated alkanes) is 1. The number of fused-ring (bicyclic) bond motifs is 3. The summed E-state index contributed by atoms with van der Waals surface area (Å²) in [4.78, 5) is 0. The van der Waals surface area contributed by atoms with Crippen LogP contribution in [0.3, 0.4) is 0 Å². The molecule has 1 aromatic rings. The van der Waals surface area contributed by atoms with Gasteiger partial charge in [-0.25, -0.2) is 0 Å². The molecule has 5 heteroatoms. The molecule has 1 aliphatic heterocycles. The molecule has 1 heterocycles. The van der Waals surface area contributed by atoms with Gasteiger partial charge in [0, 0.05) is 29.4 Å². The monoisotopic (exact) mass is 404 g/mol. The Labute approximate surface area is 174 Å². The summed E-state index contributed by atoms with van der Waals surface area (Å²) in [5.74, 6) is 1.08. The average Bonchev–Trinajstić information content (AvgIpc) is 2.64. The lowest BCUT2D eigenvalue weighted by molar-refractivity contribution is -0.0252. The zero-order valence-electron chi connectivity index (χ0n) is 18.4. The number of hydrogen-bond donors (Lipinski definition) is 3. The van der Waals surface area contributed by atoms with E-state index in [2.05, 4.69) is 34.6 Å². The van der Waals surface area contributed by atoms with Crippen molar-refractivity contribution in [3.05, 3.63) is 34.9 Å². The second kappa shape index (κ2) is 8.29. The van der Waals surface area contributed by atoms with Gasteiger partial charge in [0.1, 0.15) is 17.1 Å². The van der Waals surface area contributed by atoms with Gasteiger partial charge in [0.2, 0.25) is 0 Å². The van der Waals surface area contributed by atoms with Crippen molar-refractivity contribution in [1.29, 1.82) is 0 Å². The fraction of sp³-hybridized carbons (Fsp3) is 0.667. The molecule has 0 saturated heterocycles. The topological polar surface area (TPSA) is 79.2 Å². The molecule has 3 rings (SSSR count). The normalized spacial score (nSPS) is 23.2. The summed E-state index contributed by atoms with van der Waals surface area (Å²) in [6.07, 6.45) is 3.80. The first-order valence-electron chi connectivity index (χ1n) is 10.8. The van der Waals surface area contributed by atoms with Crippen molar-refractivity contribution in [3.8, 4) is 11.5 Å². The zero-order valence-corrected chi connectivity index (χ0v) is 18.4. The van der Waals surface area contributed by atoms with Crippen LogP contribution in [0, 0.1) is 5.92 Å². The zero-order chi connectivity index (χ0) is 21.4. The quantitative estimate of drug-likeness (QED) is 0.357. The molecular weight excluding hydrogens is 368 g/mol. The van der Waals surface area contributed by atoms with E-state index in [4.69, 9.17) is 9.47 Å². The molecule has 2 aliphatic rings. The van der Waals surface area contributed by atoms with E-state index in [1.165, 1.54) is 0 Å². The van der Waals surface area contributed by atoms with E-state index >= 15 is 0 Å². The highest BCUT2D eigenvalue weighted by Gasteiger charge is 2.47. The van der Waals surface area contributed by atoms with E-state index in [1.54, 1.807) is 0 Å². The number of phenols is 1. The van der Waals surface area contributed by atoms with E-state index in [1.807, 2.05) is 18.2 Å². The van der Waals surface area contributed by atoms with E-state index < -0.39 is 11.9 Å². The van der Waals surface area contributed by atoms with Crippen molar-refractivity contribution in [2.75, 3.05) is 13.2 Å². The van der Waals surface area contributed by atoms with Crippen LogP contribution in [0.25, 0.3) is 0 Å². The smallest absolute Gasteiger partial charge is 0.174 e. The molecule has 5 nitrogen and oxygen atoms in total. The molecule has 0 spiro atoms. The predicted molar refractivity (Wildman–Crippen MR) is 113 cm³/mol. The van der Waals surface area contributed by atoms with Crippen LogP contribution < -0.4 is 4.74 Å². The third kappa shape index (κ3) is 4.47. The highest BCUT2D eigenvalue weighted by molar-refractivity contribution is 5.54. The van der Waals surface area contributed by atoms with Crippen LogP contribution >= 0.6 is 0 Å². The van der Waals surface area contributed by atoms with Crippen LogP contribution in [0.5, 0.6) is 11.5 Å². The van der Waals surface area contributed by atoms with Gasteiger partial charge < -0.3 is 24.8 Å². The third-order valence-electron chi connectivity index (χ3n) is 6.55. The lowest BCUT2D eigenvalue weighted by atomic mass is 9.66. The van der Waals surface area contributed by atoms with Crippen LogP contribution in [0.15, 0.2) is 23.8 Å². The molecule has 29 heavy (non-hydrogen) atoms. The first-order valence-corrected chi connectivity index (χ1v) is 10.8. The summed E-state index contributed by atoms with van der Waals surface area (Å²) in [5, 5.41) is 30.3. The van der Waals surface area contributed by atoms with E-state index in [0.717, 1.165) is 30.6 Å². The molecular formula is C24H36O5. The Hall–Kier alpha value is -1.56. The average molecular weight is 405 g/mol. The Morgan fingerprint density at radius 1 is 1.28 bits per heavy atom. The first kappa shape index (κ1) is 22.1. The minimum absolute atomic E-state index is 0.00600. The molecule has 1 aromatic carbocycles. The highest BCUT2D eigenvalue weighted by Crippen LogP contribution is 2.55. The van der Waals surface area contributed by atoms with Gasteiger partial charge in [0.05, 0.1) is 6.61 Å². The Balaban J connectivity index is 1.94. The van der Waals surface area contributed by atoms with E-state index in [9.17, 15) is 15.3 Å². The SMILES string of the molecule is CCCCOCC(C)(C)c1cc(O)c2c(c1)OC(C)(C)[C@@H]1CC=C(C(O)O)C[C@@H]21. The molecule has 0 fully saturated rings. The number of aliphatic hydroxyl groups is 2. The summed E-state index contributed by atoms with van der Waals surface area (Å²) in [6.45, 7) is 11.8. The van der Waals surface area contributed by atoms with Crippen LogP contribution in [-0.4, -0.2) is 40.4 Å². The number of benzene rings is 1. The first-order chi connectivity index (χ1) is 13.6. The van der Waals surface area contributed by atoms with Gasteiger partial charge in [-0.3, -0.25) is 0 Å². The van der Waals surface area contributed by atoms with Crippen molar-refractivity contribution >= 4 is 0 Å². The van der Waals surface area contributed by atoms with Crippen molar-refractivity contribution in [2.24, 2.45) is 5.92 Å². The summed E-state index contributed by atoms with van der Waals surface area (Å²) < 4.78 is 12.2. The van der Waals surface area contributed by atoms with Gasteiger partial charge in [-0.2, -0.15) is 0 Å². The second-order valence-corrected chi connectivity index (χ2v) is 9.71. The summed E-state index contributed by atoms with van der Waals surface area (Å²) >= 11 is 0. The summed E-state index contributed by atoms with van der Waals surface area (Å²) in [7, 11) is 0. The standard InChI is InChI=1S/C24H36O5/c1-6-7-10-28-14-23(2,3)16-12-19(25)21-17-11-15(22(26)27)8-9-18(17)24(4,5)29-20(21)13-16/h8,12-13,17-18,22,25-27H,6-7,9-11,14H2,1-5H3/t17-,18-/m1/s1. The Morgan fingerprint density at radius 2 is 2.00 bits per heavy atom. The maximum Gasteiger partial charge on any atom is 0.174 e. The molecule has 2 atom stereocenters. The van der Waals surface area contributed by atoms with Gasteiger partial charge in [-0.1, -0.05) is 33.3 Å². The van der Waals surface area contributed by atoms with Crippen LogP contribution in [0.1, 0.15) is 77.3 Å². The number of rotatable bonds is 7. The maximum atomic E-state index is 11.0. The number of allylic oxidation sites excluding steroid dienone is 1. The number of hydrogen-bond acceptors (Lipinski definition) is 5. The van der Waals surface area contributed by atoms with Gasteiger partial charge in [-0.15, -0.1) is 0 Å². The van der Waals surface area contributed by atoms with E-state index in [0.29, 0.717) is 30.8 Å². The molecule has 162 valence electrons. The van der Waals surface area contributed by atoms with Crippen molar-refractivity contribution in [3.63, 3.8) is 0 Å². The predicted octanol–water partition coefficient (Wildman–Crippen LogP) is 4.39. The number of aromatic hydroxyl groups is 1. The second-order valence-electron chi connectivity index (χ2n) is 9.71. The van der Waals surface area contributed by atoms with E-state index in [-0.39, 0.29) is 23.0 Å². The highest BCUT2D eigenvalue weighted by atomic mass is 16.5. The number of phenolic OH excluding ortho intramolecular Hbond substituents is 1. The third-order valence-corrected chi connectivity index (χ3v) is 6.55. The summed E-state index contributed by atoms with van der Waals surface area (Å²) in [5.41, 5.74) is 1.71. The van der Waals surface area contributed by atoms with Crippen LogP contribution in [0.4, 0.5) is 0 Å². The maximum absolute atomic E-state index is 11.0. The Morgan fingerprint density at radius 3 is 2.66 bits per heavy atom. The van der Waals surface area contributed by atoms with Gasteiger partial charge in [0.15, 0.2) is 6.29 Å². The molecule has 0 amide bonds. The van der Waals surface area contributed by atoms with Crippen LogP contribution in [-0.2, 0) is 10.2 Å². The largest absolute Gasteiger partial charge is 0.508 e. The number of aliphatic hydroxyl groups excluding tert-OH is 1. The fourth-order valence-electron chi connectivity index (χ4n) is 4.68. The minimum atomic E-state index is -1.45. The molecule has 0 unspecified atom stereocenters. The van der Waals surface area contributed by atoms with Gasteiger partial charge in [0.25, 0.3) is 0 Å². The van der Waals surface area contributed by atoms with Crippen molar-refractivity contribution in [1.82, 2.24) is 0 Å². The fourth-order valence-corrected chi connectivity index (χ4v) is 4.68. The minimum Gasteiger partial charge on any atom is -0.508 e. The van der Waals surface area contributed by atoms with Crippen molar-refractivity contribution < 1.29 is 24.8 Å². The molecule has 3 N–H and O–H groups in total. The molecule has 1 aliphatic carbocycles. The van der Waals surface area contributed by atoms with Gasteiger partial charge in [-0.05, 0) is 56.4 Å². The molecule has 0 bridgehead atoms. The van der Waals surface area contributed by atoms with Crippen LogP contribution in [0.2, 0.25) is 0 Å². The molecule has 0 aromatic heterocycles. The lowest BCUT2D eigenvalue weighted by Gasteiger charge is -2.47. The van der Waals surface area contributed by atoms with Gasteiger partial charge >= 0.3 is 0 Å². The lowest BCUT2D eigenvalue weighted by Crippen LogP contribution is -2.46. The summed E-state index contributed by atoms with van der Waals surface area (Å²) in [6, 6.07) is 3.86. The molecule has 0 radical (unpaired) electrons. The Kier molecular flexibility index (Phi) is 6.32. The van der Waals surface area contributed by atoms with Crippen molar-refractivity contribution in [2.45, 2.75) is 83.5 Å². The Bertz CT molecular complexity index is 763.